The van der Waals surface area contributed by atoms with Gasteiger partial charge >= 0.3 is 0 Å². The summed E-state index contributed by atoms with van der Waals surface area (Å²) in [6.45, 7) is 2.12. The summed E-state index contributed by atoms with van der Waals surface area (Å²) in [5, 5.41) is 3.69. The molecule has 0 bridgehead atoms. The third kappa shape index (κ3) is 3.38. The third-order valence-electron chi connectivity index (χ3n) is 4.00. The lowest BCUT2D eigenvalue weighted by Crippen LogP contribution is -2.48. The zero-order valence-electron chi connectivity index (χ0n) is 10.5. The summed E-state index contributed by atoms with van der Waals surface area (Å²) in [6, 6.07) is 0.707. The summed E-state index contributed by atoms with van der Waals surface area (Å²) >= 11 is 1.92. The van der Waals surface area contributed by atoms with E-state index in [1.54, 1.807) is 0 Å². The van der Waals surface area contributed by atoms with Gasteiger partial charge in [0.05, 0.1) is 5.60 Å². The molecule has 1 aliphatic carbocycles. The van der Waals surface area contributed by atoms with Crippen LogP contribution in [-0.2, 0) is 4.74 Å². The molecular weight excluding hydrogens is 218 g/mol. The molecular formula is C13H25NOS. The van der Waals surface area contributed by atoms with E-state index >= 15 is 0 Å². The minimum Gasteiger partial charge on any atom is -0.375 e. The number of rotatable bonds is 4. The van der Waals surface area contributed by atoms with Crippen LogP contribution in [0, 0.1) is 0 Å². The van der Waals surface area contributed by atoms with Crippen molar-refractivity contribution in [3.05, 3.63) is 0 Å². The van der Waals surface area contributed by atoms with Crippen molar-refractivity contribution in [2.45, 2.75) is 56.6 Å². The molecule has 3 heteroatoms. The molecule has 0 radical (unpaired) electrons. The first-order valence-electron chi connectivity index (χ1n) is 6.71. The smallest absolute Gasteiger partial charge is 0.0697 e. The van der Waals surface area contributed by atoms with Crippen molar-refractivity contribution in [1.82, 2.24) is 5.32 Å². The van der Waals surface area contributed by atoms with Crippen LogP contribution >= 0.6 is 11.8 Å². The topological polar surface area (TPSA) is 21.3 Å². The second-order valence-electron chi connectivity index (χ2n) is 5.23. The van der Waals surface area contributed by atoms with E-state index < -0.39 is 0 Å². The van der Waals surface area contributed by atoms with Crippen LogP contribution in [0.25, 0.3) is 0 Å². The highest BCUT2D eigenvalue weighted by molar-refractivity contribution is 7.98. The molecule has 2 nitrogen and oxygen atoms in total. The van der Waals surface area contributed by atoms with Crippen molar-refractivity contribution >= 4 is 11.8 Å². The van der Waals surface area contributed by atoms with Crippen molar-refractivity contribution in [3.63, 3.8) is 0 Å². The van der Waals surface area contributed by atoms with Crippen LogP contribution < -0.4 is 5.32 Å². The highest BCUT2D eigenvalue weighted by Crippen LogP contribution is 2.38. The number of nitrogens with one attached hydrogen (secondary N) is 1. The van der Waals surface area contributed by atoms with E-state index in [1.165, 1.54) is 50.7 Å². The van der Waals surface area contributed by atoms with Crippen molar-refractivity contribution in [1.29, 1.82) is 0 Å². The minimum absolute atomic E-state index is 0.257. The Kier molecular flexibility index (Phi) is 4.98. The Bertz CT molecular complexity index is 199. The largest absolute Gasteiger partial charge is 0.375 e. The average molecular weight is 243 g/mol. The summed E-state index contributed by atoms with van der Waals surface area (Å²) in [5.74, 6) is 1.23. The molecule has 1 unspecified atom stereocenters. The van der Waals surface area contributed by atoms with Crippen LogP contribution in [0.2, 0.25) is 0 Å². The van der Waals surface area contributed by atoms with Crippen LogP contribution in [-0.4, -0.2) is 36.8 Å². The Morgan fingerprint density at radius 1 is 1.31 bits per heavy atom. The van der Waals surface area contributed by atoms with Gasteiger partial charge in [-0.2, -0.15) is 11.8 Å². The van der Waals surface area contributed by atoms with Crippen molar-refractivity contribution in [2.75, 3.05) is 25.2 Å². The minimum atomic E-state index is 0.257. The Hall–Kier alpha value is 0.270. The first-order chi connectivity index (χ1) is 7.85. The fourth-order valence-electron chi connectivity index (χ4n) is 3.11. The van der Waals surface area contributed by atoms with E-state index in [9.17, 15) is 0 Å². The van der Waals surface area contributed by atoms with Gasteiger partial charge < -0.3 is 10.1 Å². The highest BCUT2D eigenvalue weighted by Gasteiger charge is 2.38. The van der Waals surface area contributed by atoms with Crippen LogP contribution in [0.1, 0.15) is 44.9 Å². The quantitative estimate of drug-likeness (QED) is 0.767. The van der Waals surface area contributed by atoms with Gasteiger partial charge in [-0.15, -0.1) is 0 Å². The number of hydrogen-bond donors (Lipinski definition) is 1. The van der Waals surface area contributed by atoms with Gasteiger partial charge in [0.2, 0.25) is 0 Å². The monoisotopic (exact) mass is 243 g/mol. The summed E-state index contributed by atoms with van der Waals surface area (Å²) in [7, 11) is 0. The SMILES string of the molecule is CSCCNC1CCOC2(CCCCC2)C1. The molecule has 2 rings (SSSR count). The first-order valence-corrected chi connectivity index (χ1v) is 8.10. The number of ether oxygens (including phenoxy) is 1. The molecule has 2 aliphatic rings. The predicted molar refractivity (Wildman–Crippen MR) is 71.2 cm³/mol. The fourth-order valence-corrected chi connectivity index (χ4v) is 3.43. The fraction of sp³-hybridized carbons (Fsp3) is 1.00. The Labute approximate surface area is 104 Å². The lowest BCUT2D eigenvalue weighted by atomic mass is 9.78. The first kappa shape index (κ1) is 12.7. The van der Waals surface area contributed by atoms with Gasteiger partial charge in [-0.25, -0.2) is 0 Å². The molecule has 0 aromatic heterocycles. The zero-order chi connectivity index (χ0) is 11.3. The molecule has 1 atom stereocenters. The maximum absolute atomic E-state index is 6.10. The van der Waals surface area contributed by atoms with Gasteiger partial charge in [-0.1, -0.05) is 19.3 Å². The van der Waals surface area contributed by atoms with Crippen molar-refractivity contribution < 1.29 is 4.74 Å². The number of hydrogen-bond acceptors (Lipinski definition) is 3. The normalized spacial score (nSPS) is 29.4. The molecule has 94 valence electrons. The molecule has 1 saturated heterocycles. The lowest BCUT2D eigenvalue weighted by Gasteiger charge is -2.43. The molecule has 1 saturated carbocycles. The maximum atomic E-state index is 6.10. The molecule has 2 fully saturated rings. The van der Waals surface area contributed by atoms with E-state index in [1.807, 2.05) is 11.8 Å². The Morgan fingerprint density at radius 3 is 2.88 bits per heavy atom. The lowest BCUT2D eigenvalue weighted by molar-refractivity contribution is -0.108. The second kappa shape index (κ2) is 6.27. The van der Waals surface area contributed by atoms with Gasteiger partial charge in [0.15, 0.2) is 0 Å². The predicted octanol–water partition coefficient (Wildman–Crippen LogP) is 2.82. The molecule has 1 aliphatic heterocycles. The van der Waals surface area contributed by atoms with Gasteiger partial charge in [0.1, 0.15) is 0 Å². The zero-order valence-corrected chi connectivity index (χ0v) is 11.3. The molecule has 1 N–H and O–H groups in total. The molecule has 1 heterocycles. The summed E-state index contributed by atoms with van der Waals surface area (Å²) < 4.78 is 6.10. The molecule has 0 aromatic rings. The third-order valence-corrected chi connectivity index (χ3v) is 4.61. The second-order valence-corrected chi connectivity index (χ2v) is 6.21. The van der Waals surface area contributed by atoms with Gasteiger partial charge in [0, 0.05) is 24.9 Å². The highest BCUT2D eigenvalue weighted by atomic mass is 32.2. The van der Waals surface area contributed by atoms with Crippen molar-refractivity contribution in [3.8, 4) is 0 Å². The van der Waals surface area contributed by atoms with E-state index in [0.717, 1.165) is 13.2 Å². The average Bonchev–Trinajstić information content (AvgIpc) is 2.31. The van der Waals surface area contributed by atoms with Gasteiger partial charge in [0.25, 0.3) is 0 Å². The van der Waals surface area contributed by atoms with Gasteiger partial charge in [-0.3, -0.25) is 0 Å². The Morgan fingerprint density at radius 2 is 2.12 bits per heavy atom. The van der Waals surface area contributed by atoms with Crippen LogP contribution in [0.3, 0.4) is 0 Å². The Balaban J connectivity index is 1.78. The van der Waals surface area contributed by atoms with E-state index in [-0.39, 0.29) is 5.60 Å². The van der Waals surface area contributed by atoms with Crippen LogP contribution in [0.4, 0.5) is 0 Å². The summed E-state index contributed by atoms with van der Waals surface area (Å²) in [6.07, 6.45) is 11.4. The summed E-state index contributed by atoms with van der Waals surface area (Å²) in [4.78, 5) is 0. The van der Waals surface area contributed by atoms with E-state index in [0.29, 0.717) is 6.04 Å². The molecule has 0 amide bonds. The molecule has 16 heavy (non-hydrogen) atoms. The van der Waals surface area contributed by atoms with E-state index in [2.05, 4.69) is 11.6 Å². The van der Waals surface area contributed by atoms with Crippen LogP contribution in [0.15, 0.2) is 0 Å². The molecule has 0 aromatic carbocycles. The molecule has 1 spiro atoms. The standard InChI is InChI=1S/C13H25NOS/c1-16-10-8-14-12-5-9-15-13(11-12)6-3-2-4-7-13/h12,14H,2-11H2,1H3. The maximum Gasteiger partial charge on any atom is 0.0697 e. The van der Waals surface area contributed by atoms with Gasteiger partial charge in [-0.05, 0) is 31.9 Å². The summed E-state index contributed by atoms with van der Waals surface area (Å²) in [5.41, 5.74) is 0.257. The van der Waals surface area contributed by atoms with Crippen LogP contribution in [0.5, 0.6) is 0 Å². The number of thioether (sulfide) groups is 1. The van der Waals surface area contributed by atoms with Crippen molar-refractivity contribution in [2.24, 2.45) is 0 Å². The van der Waals surface area contributed by atoms with E-state index in [4.69, 9.17) is 4.74 Å².